The minimum Gasteiger partial charge on any atom is -0.486 e. The lowest BCUT2D eigenvalue weighted by Crippen LogP contribution is -2.30. The van der Waals surface area contributed by atoms with Crippen molar-refractivity contribution in [3.63, 3.8) is 0 Å². The van der Waals surface area contributed by atoms with E-state index in [2.05, 4.69) is 5.16 Å². The Hall–Kier alpha value is -2.80. The van der Waals surface area contributed by atoms with Crippen LogP contribution >= 0.6 is 11.3 Å². The molecule has 27 heavy (non-hydrogen) atoms. The molecule has 0 bridgehead atoms. The minimum absolute atomic E-state index is 0.00946. The lowest BCUT2D eigenvalue weighted by Gasteiger charge is -2.26. The minimum atomic E-state index is -0.0982. The number of likely N-dealkylation sites (tertiary alicyclic amines) is 1. The van der Waals surface area contributed by atoms with E-state index in [9.17, 15) is 4.79 Å². The van der Waals surface area contributed by atoms with E-state index >= 15 is 0 Å². The van der Waals surface area contributed by atoms with E-state index in [4.69, 9.17) is 14.0 Å². The number of nitrogens with zero attached hydrogens (tertiary/aromatic N) is 2. The van der Waals surface area contributed by atoms with E-state index in [1.54, 1.807) is 17.4 Å². The number of amides is 1. The molecule has 1 amide bonds. The summed E-state index contributed by atoms with van der Waals surface area (Å²) in [7, 11) is 0. The standard InChI is InChI=1S/C20H18N2O4S/c23-20(14-12-18(26-21-14)19-4-2-10-27-19)22-7-1-3-15(22)13-5-6-16-17(11-13)25-9-8-24-16/h2,4-6,10-12,15H,1,3,7-9H2. The van der Waals surface area contributed by atoms with Crippen molar-refractivity contribution in [3.8, 4) is 22.1 Å². The van der Waals surface area contributed by atoms with Crippen LogP contribution in [0.15, 0.2) is 46.3 Å². The molecule has 2 aliphatic rings. The van der Waals surface area contributed by atoms with Gasteiger partial charge in [0.2, 0.25) is 0 Å². The van der Waals surface area contributed by atoms with Crippen LogP contribution in [0.25, 0.3) is 10.6 Å². The number of carbonyl (C=O) groups excluding carboxylic acids is 1. The summed E-state index contributed by atoms with van der Waals surface area (Å²) in [6.07, 6.45) is 1.88. The highest BCUT2D eigenvalue weighted by Crippen LogP contribution is 2.38. The van der Waals surface area contributed by atoms with Gasteiger partial charge in [0.15, 0.2) is 23.0 Å². The van der Waals surface area contributed by atoms with Crippen LogP contribution in [0.3, 0.4) is 0 Å². The maximum Gasteiger partial charge on any atom is 0.276 e. The van der Waals surface area contributed by atoms with E-state index in [0.29, 0.717) is 31.2 Å². The van der Waals surface area contributed by atoms with Crippen molar-refractivity contribution in [1.29, 1.82) is 0 Å². The van der Waals surface area contributed by atoms with Crippen molar-refractivity contribution in [1.82, 2.24) is 10.1 Å². The summed E-state index contributed by atoms with van der Waals surface area (Å²) in [6, 6.07) is 11.6. The molecule has 0 N–H and O–H groups in total. The summed E-state index contributed by atoms with van der Waals surface area (Å²) >= 11 is 1.56. The quantitative estimate of drug-likeness (QED) is 0.681. The second-order valence-corrected chi connectivity index (χ2v) is 7.56. The highest BCUT2D eigenvalue weighted by Gasteiger charge is 2.33. The first kappa shape index (κ1) is 16.4. The molecule has 0 saturated carbocycles. The maximum absolute atomic E-state index is 13.1. The lowest BCUT2D eigenvalue weighted by molar-refractivity contribution is 0.0724. The number of benzene rings is 1. The van der Waals surface area contributed by atoms with Crippen LogP contribution in [-0.2, 0) is 0 Å². The van der Waals surface area contributed by atoms with Gasteiger partial charge in [-0.25, -0.2) is 0 Å². The van der Waals surface area contributed by atoms with Gasteiger partial charge in [0.25, 0.3) is 5.91 Å². The third kappa shape index (κ3) is 2.98. The van der Waals surface area contributed by atoms with Gasteiger partial charge in [-0.3, -0.25) is 4.79 Å². The van der Waals surface area contributed by atoms with Crippen molar-refractivity contribution in [3.05, 3.63) is 53.0 Å². The Bertz CT molecular complexity index is 966. The number of fused-ring (bicyclic) bond motifs is 1. The van der Waals surface area contributed by atoms with Crippen LogP contribution in [-0.4, -0.2) is 35.7 Å². The summed E-state index contributed by atoms with van der Waals surface area (Å²) < 4.78 is 16.7. The van der Waals surface area contributed by atoms with E-state index in [-0.39, 0.29) is 11.9 Å². The Labute approximate surface area is 160 Å². The zero-order valence-electron chi connectivity index (χ0n) is 14.6. The molecule has 7 heteroatoms. The molecule has 1 atom stereocenters. The van der Waals surface area contributed by atoms with Crippen molar-refractivity contribution < 1.29 is 18.8 Å². The summed E-state index contributed by atoms with van der Waals surface area (Å²) in [5, 5.41) is 5.98. The van der Waals surface area contributed by atoms with Gasteiger partial charge in [0, 0.05) is 12.6 Å². The van der Waals surface area contributed by atoms with Crippen LogP contribution in [0.1, 0.15) is 34.9 Å². The van der Waals surface area contributed by atoms with Gasteiger partial charge in [-0.05, 0) is 42.0 Å². The SMILES string of the molecule is O=C(c1cc(-c2cccs2)on1)N1CCCC1c1ccc2c(c1)OCCO2. The largest absolute Gasteiger partial charge is 0.486 e. The fourth-order valence-electron chi connectivity index (χ4n) is 3.68. The normalized spacial score (nSPS) is 18.7. The number of rotatable bonds is 3. The van der Waals surface area contributed by atoms with Gasteiger partial charge in [-0.1, -0.05) is 17.3 Å². The Morgan fingerprint density at radius 1 is 1.15 bits per heavy atom. The van der Waals surface area contributed by atoms with Crippen LogP contribution in [0.2, 0.25) is 0 Å². The van der Waals surface area contributed by atoms with Crippen LogP contribution in [0.5, 0.6) is 11.5 Å². The Kier molecular flexibility index (Phi) is 4.09. The first-order valence-corrected chi connectivity index (χ1v) is 9.89. The third-order valence-electron chi connectivity index (χ3n) is 4.96. The van der Waals surface area contributed by atoms with Crippen molar-refractivity contribution in [2.45, 2.75) is 18.9 Å². The molecule has 1 unspecified atom stereocenters. The lowest BCUT2D eigenvalue weighted by atomic mass is 10.0. The Morgan fingerprint density at radius 2 is 2.04 bits per heavy atom. The van der Waals surface area contributed by atoms with E-state index in [1.807, 2.05) is 40.6 Å². The monoisotopic (exact) mass is 382 g/mol. The van der Waals surface area contributed by atoms with Crippen molar-refractivity contribution in [2.75, 3.05) is 19.8 Å². The van der Waals surface area contributed by atoms with Gasteiger partial charge in [-0.15, -0.1) is 11.3 Å². The molecule has 2 aromatic heterocycles. The fourth-order valence-corrected chi connectivity index (χ4v) is 4.35. The van der Waals surface area contributed by atoms with Crippen LogP contribution in [0.4, 0.5) is 0 Å². The highest BCUT2D eigenvalue weighted by atomic mass is 32.1. The van der Waals surface area contributed by atoms with Gasteiger partial charge in [0.1, 0.15) is 13.2 Å². The van der Waals surface area contributed by atoms with Gasteiger partial charge >= 0.3 is 0 Å². The number of thiophene rings is 1. The zero-order valence-corrected chi connectivity index (χ0v) is 15.4. The molecule has 1 fully saturated rings. The predicted octanol–water partition coefficient (Wildman–Crippen LogP) is 4.15. The predicted molar refractivity (Wildman–Crippen MR) is 100 cm³/mol. The first-order chi connectivity index (χ1) is 13.3. The molecule has 4 heterocycles. The molecular formula is C20H18N2O4S. The average Bonchev–Trinajstić information content (AvgIpc) is 3.48. The van der Waals surface area contributed by atoms with E-state index in [1.165, 1.54) is 0 Å². The van der Waals surface area contributed by atoms with E-state index in [0.717, 1.165) is 34.8 Å². The third-order valence-corrected chi connectivity index (χ3v) is 5.84. The number of hydrogen-bond donors (Lipinski definition) is 0. The van der Waals surface area contributed by atoms with Gasteiger partial charge < -0.3 is 18.9 Å². The molecule has 0 aliphatic carbocycles. The highest BCUT2D eigenvalue weighted by molar-refractivity contribution is 7.13. The van der Waals surface area contributed by atoms with Gasteiger partial charge in [0.05, 0.1) is 10.9 Å². The summed E-state index contributed by atoms with van der Waals surface area (Å²) in [6.45, 7) is 1.83. The Balaban J connectivity index is 1.40. The summed E-state index contributed by atoms with van der Waals surface area (Å²) in [4.78, 5) is 15.9. The maximum atomic E-state index is 13.1. The molecule has 3 aromatic rings. The fraction of sp³-hybridized carbons (Fsp3) is 0.300. The summed E-state index contributed by atoms with van der Waals surface area (Å²) in [5.41, 5.74) is 1.41. The molecule has 0 spiro atoms. The van der Waals surface area contributed by atoms with Crippen molar-refractivity contribution in [2.24, 2.45) is 0 Å². The van der Waals surface area contributed by atoms with Crippen LogP contribution in [0, 0.1) is 0 Å². The molecule has 6 nitrogen and oxygen atoms in total. The molecule has 1 aromatic carbocycles. The number of ether oxygens (including phenoxy) is 2. The Morgan fingerprint density at radius 3 is 2.89 bits per heavy atom. The number of aromatic nitrogens is 1. The number of hydrogen-bond acceptors (Lipinski definition) is 6. The second-order valence-electron chi connectivity index (χ2n) is 6.61. The average molecular weight is 382 g/mol. The van der Waals surface area contributed by atoms with Gasteiger partial charge in [-0.2, -0.15) is 0 Å². The van der Waals surface area contributed by atoms with Crippen molar-refractivity contribution >= 4 is 17.2 Å². The number of carbonyl (C=O) groups is 1. The topological polar surface area (TPSA) is 64.8 Å². The smallest absolute Gasteiger partial charge is 0.276 e. The molecule has 138 valence electrons. The molecule has 0 radical (unpaired) electrons. The molecule has 2 aliphatic heterocycles. The first-order valence-electron chi connectivity index (χ1n) is 9.01. The van der Waals surface area contributed by atoms with E-state index < -0.39 is 0 Å². The van der Waals surface area contributed by atoms with Crippen LogP contribution < -0.4 is 9.47 Å². The molecule has 1 saturated heterocycles. The molecule has 5 rings (SSSR count). The summed E-state index contributed by atoms with van der Waals surface area (Å²) in [5.74, 6) is 2.04. The zero-order chi connectivity index (χ0) is 18.2. The molecular weight excluding hydrogens is 364 g/mol. The second kappa shape index (κ2) is 6.74.